The van der Waals surface area contributed by atoms with E-state index in [1.807, 2.05) is 13.1 Å². The van der Waals surface area contributed by atoms with Crippen molar-refractivity contribution in [3.05, 3.63) is 23.8 Å². The fourth-order valence-electron chi connectivity index (χ4n) is 2.58. The van der Waals surface area contributed by atoms with Crippen molar-refractivity contribution in [2.24, 2.45) is 0 Å². The van der Waals surface area contributed by atoms with Crippen molar-refractivity contribution < 1.29 is 9.47 Å². The summed E-state index contributed by atoms with van der Waals surface area (Å²) in [6.45, 7) is 9.19. The van der Waals surface area contributed by atoms with E-state index in [0.717, 1.165) is 24.6 Å². The van der Waals surface area contributed by atoms with Crippen LogP contribution in [0.4, 0.5) is 0 Å². The standard InChI is InChI=1S/C16H26N2O2/c1-5-8-18(12(2)3)10-14(17-4)13-6-7-15-16(9-13)20-11-19-15/h6-7,9,12,14,17H,5,8,10-11H2,1-4H3. The molecule has 1 heterocycles. The molecule has 0 bridgehead atoms. The summed E-state index contributed by atoms with van der Waals surface area (Å²) < 4.78 is 10.8. The van der Waals surface area contributed by atoms with Gasteiger partial charge in [-0.05, 0) is 51.6 Å². The van der Waals surface area contributed by atoms with Gasteiger partial charge in [0, 0.05) is 18.6 Å². The van der Waals surface area contributed by atoms with E-state index in [4.69, 9.17) is 9.47 Å². The molecule has 1 aromatic rings. The van der Waals surface area contributed by atoms with Crippen LogP contribution in [-0.4, -0.2) is 37.9 Å². The first-order valence-corrected chi connectivity index (χ1v) is 7.46. The Bertz CT molecular complexity index is 434. The van der Waals surface area contributed by atoms with Crippen LogP contribution in [0.3, 0.4) is 0 Å². The van der Waals surface area contributed by atoms with E-state index >= 15 is 0 Å². The number of nitrogens with zero attached hydrogens (tertiary/aromatic N) is 1. The Morgan fingerprint density at radius 1 is 1.25 bits per heavy atom. The second-order valence-electron chi connectivity index (χ2n) is 5.54. The summed E-state index contributed by atoms with van der Waals surface area (Å²) in [5.74, 6) is 1.70. The molecule has 0 radical (unpaired) electrons. The van der Waals surface area contributed by atoms with Gasteiger partial charge in [-0.2, -0.15) is 0 Å². The Hall–Kier alpha value is -1.26. The topological polar surface area (TPSA) is 33.7 Å². The van der Waals surface area contributed by atoms with E-state index in [1.165, 1.54) is 12.0 Å². The van der Waals surface area contributed by atoms with Gasteiger partial charge >= 0.3 is 0 Å². The molecular weight excluding hydrogens is 252 g/mol. The van der Waals surface area contributed by atoms with Crippen LogP contribution >= 0.6 is 0 Å². The van der Waals surface area contributed by atoms with Gasteiger partial charge in [0.15, 0.2) is 11.5 Å². The molecule has 0 fully saturated rings. The molecule has 2 rings (SSSR count). The predicted octanol–water partition coefficient (Wildman–Crippen LogP) is 2.80. The number of nitrogens with one attached hydrogen (secondary N) is 1. The second-order valence-corrected chi connectivity index (χ2v) is 5.54. The van der Waals surface area contributed by atoms with Gasteiger partial charge in [-0.15, -0.1) is 0 Å². The zero-order valence-electron chi connectivity index (χ0n) is 13.0. The molecule has 0 amide bonds. The van der Waals surface area contributed by atoms with Crippen LogP contribution in [0, 0.1) is 0 Å². The Morgan fingerprint density at radius 2 is 2.00 bits per heavy atom. The molecule has 1 aliphatic heterocycles. The molecular formula is C16H26N2O2. The average molecular weight is 278 g/mol. The molecule has 0 saturated carbocycles. The van der Waals surface area contributed by atoms with Gasteiger partial charge in [0.05, 0.1) is 0 Å². The van der Waals surface area contributed by atoms with Gasteiger partial charge in [0.1, 0.15) is 0 Å². The number of benzene rings is 1. The fourth-order valence-corrected chi connectivity index (χ4v) is 2.58. The molecule has 1 aromatic carbocycles. The first-order chi connectivity index (χ1) is 9.65. The highest BCUT2D eigenvalue weighted by molar-refractivity contribution is 5.45. The van der Waals surface area contributed by atoms with Crippen LogP contribution < -0.4 is 14.8 Å². The molecule has 4 nitrogen and oxygen atoms in total. The molecule has 112 valence electrons. The molecule has 0 spiro atoms. The van der Waals surface area contributed by atoms with Crippen LogP contribution in [0.25, 0.3) is 0 Å². The first-order valence-electron chi connectivity index (χ1n) is 7.46. The number of likely N-dealkylation sites (N-methyl/N-ethyl adjacent to an activating group) is 1. The molecule has 0 saturated heterocycles. The van der Waals surface area contributed by atoms with Crippen LogP contribution in [0.1, 0.15) is 38.8 Å². The minimum Gasteiger partial charge on any atom is -0.454 e. The SMILES string of the molecule is CCCN(CC(NC)c1ccc2c(c1)OCO2)C(C)C. The largest absolute Gasteiger partial charge is 0.454 e. The summed E-state index contributed by atoms with van der Waals surface area (Å²) in [7, 11) is 2.01. The molecule has 20 heavy (non-hydrogen) atoms. The van der Waals surface area contributed by atoms with Crippen LogP contribution in [0.2, 0.25) is 0 Å². The Balaban J connectivity index is 2.11. The maximum atomic E-state index is 5.47. The van der Waals surface area contributed by atoms with Crippen molar-refractivity contribution >= 4 is 0 Å². The third-order valence-electron chi connectivity index (χ3n) is 3.81. The second kappa shape index (κ2) is 6.95. The highest BCUT2D eigenvalue weighted by Gasteiger charge is 2.20. The molecule has 1 N–H and O–H groups in total. The van der Waals surface area contributed by atoms with Crippen LogP contribution in [-0.2, 0) is 0 Å². The van der Waals surface area contributed by atoms with Gasteiger partial charge in [-0.25, -0.2) is 0 Å². The van der Waals surface area contributed by atoms with E-state index in [9.17, 15) is 0 Å². The van der Waals surface area contributed by atoms with Gasteiger partial charge in [0.25, 0.3) is 0 Å². The normalized spacial score (nSPS) is 15.1. The fraction of sp³-hybridized carbons (Fsp3) is 0.625. The lowest BCUT2D eigenvalue weighted by molar-refractivity contribution is 0.174. The zero-order chi connectivity index (χ0) is 14.5. The van der Waals surface area contributed by atoms with Gasteiger partial charge < -0.3 is 14.8 Å². The molecule has 4 heteroatoms. The summed E-state index contributed by atoms with van der Waals surface area (Å²) in [6, 6.07) is 7.08. The number of hydrogen-bond donors (Lipinski definition) is 1. The van der Waals surface area contributed by atoms with E-state index in [-0.39, 0.29) is 0 Å². The highest BCUT2D eigenvalue weighted by atomic mass is 16.7. The summed E-state index contributed by atoms with van der Waals surface area (Å²) >= 11 is 0. The summed E-state index contributed by atoms with van der Waals surface area (Å²) in [5, 5.41) is 3.42. The molecule has 1 aliphatic rings. The van der Waals surface area contributed by atoms with E-state index in [2.05, 4.69) is 43.1 Å². The molecule has 0 aliphatic carbocycles. The summed E-state index contributed by atoms with van der Waals surface area (Å²) in [5.41, 5.74) is 1.25. The lowest BCUT2D eigenvalue weighted by Crippen LogP contribution is -2.38. The van der Waals surface area contributed by atoms with Crippen molar-refractivity contribution in [3.63, 3.8) is 0 Å². The van der Waals surface area contributed by atoms with Crippen LogP contribution in [0.5, 0.6) is 11.5 Å². The quantitative estimate of drug-likeness (QED) is 0.831. The van der Waals surface area contributed by atoms with Crippen LogP contribution in [0.15, 0.2) is 18.2 Å². The predicted molar refractivity (Wildman–Crippen MR) is 81.4 cm³/mol. The Labute approximate surface area is 122 Å². The van der Waals surface area contributed by atoms with Crippen molar-refractivity contribution in [3.8, 4) is 11.5 Å². The van der Waals surface area contributed by atoms with Crippen molar-refractivity contribution in [1.82, 2.24) is 10.2 Å². The lowest BCUT2D eigenvalue weighted by Gasteiger charge is -2.30. The summed E-state index contributed by atoms with van der Waals surface area (Å²) in [6.07, 6.45) is 1.18. The minimum atomic E-state index is 0.304. The van der Waals surface area contributed by atoms with E-state index in [1.54, 1.807) is 0 Å². The minimum absolute atomic E-state index is 0.304. The number of hydrogen-bond acceptors (Lipinski definition) is 4. The zero-order valence-corrected chi connectivity index (χ0v) is 13.0. The van der Waals surface area contributed by atoms with Gasteiger partial charge in [0.2, 0.25) is 6.79 Å². The highest BCUT2D eigenvalue weighted by Crippen LogP contribution is 2.34. The number of ether oxygens (including phenoxy) is 2. The van der Waals surface area contributed by atoms with Gasteiger partial charge in [-0.3, -0.25) is 4.90 Å². The van der Waals surface area contributed by atoms with Crippen molar-refractivity contribution in [1.29, 1.82) is 0 Å². The monoisotopic (exact) mass is 278 g/mol. The molecule has 0 aromatic heterocycles. The van der Waals surface area contributed by atoms with E-state index < -0.39 is 0 Å². The first kappa shape index (κ1) is 15.1. The summed E-state index contributed by atoms with van der Waals surface area (Å²) in [4.78, 5) is 2.51. The molecule has 1 unspecified atom stereocenters. The number of rotatable bonds is 7. The maximum absolute atomic E-state index is 5.47. The lowest BCUT2D eigenvalue weighted by atomic mass is 10.0. The maximum Gasteiger partial charge on any atom is 0.231 e. The van der Waals surface area contributed by atoms with E-state index in [0.29, 0.717) is 18.9 Å². The molecule has 1 atom stereocenters. The van der Waals surface area contributed by atoms with Crippen molar-refractivity contribution in [2.45, 2.75) is 39.3 Å². The van der Waals surface area contributed by atoms with Crippen molar-refractivity contribution in [2.75, 3.05) is 26.9 Å². The number of fused-ring (bicyclic) bond motifs is 1. The Morgan fingerprint density at radius 3 is 2.65 bits per heavy atom. The third kappa shape index (κ3) is 3.44. The average Bonchev–Trinajstić information content (AvgIpc) is 2.90. The smallest absolute Gasteiger partial charge is 0.231 e. The Kier molecular flexibility index (Phi) is 5.26. The third-order valence-corrected chi connectivity index (χ3v) is 3.81. The van der Waals surface area contributed by atoms with Gasteiger partial charge in [-0.1, -0.05) is 13.0 Å².